The molecule has 0 aliphatic rings. The van der Waals surface area contributed by atoms with Crippen molar-refractivity contribution in [1.82, 2.24) is 4.98 Å². The van der Waals surface area contributed by atoms with Gasteiger partial charge in [-0.25, -0.2) is 13.4 Å². The molecule has 0 radical (unpaired) electrons. The fourth-order valence-corrected chi connectivity index (χ4v) is 3.10. The quantitative estimate of drug-likeness (QED) is 0.841. The fraction of sp³-hybridized carbons (Fsp3) is 0.167. The standard InChI is InChI=1S/C12H11ClN2O4S2/c1-2-19-10-4-3-8(5-11(10)21(13,17)18)15-12(16)9-6-20-7-14-9/h3-7H,2H2,1H3,(H,15,16). The van der Waals surface area contributed by atoms with Crippen LogP contribution in [0.4, 0.5) is 5.69 Å². The number of hydrogen-bond acceptors (Lipinski definition) is 6. The maximum atomic E-state index is 11.9. The summed E-state index contributed by atoms with van der Waals surface area (Å²) < 4.78 is 28.3. The second-order valence-electron chi connectivity index (χ2n) is 3.86. The van der Waals surface area contributed by atoms with Crippen LogP contribution in [-0.4, -0.2) is 25.9 Å². The molecule has 0 saturated carbocycles. The zero-order chi connectivity index (χ0) is 15.5. The lowest BCUT2D eigenvalue weighted by molar-refractivity contribution is 0.102. The first kappa shape index (κ1) is 15.7. The number of rotatable bonds is 5. The minimum Gasteiger partial charge on any atom is -0.492 e. The molecule has 0 unspecified atom stereocenters. The monoisotopic (exact) mass is 346 g/mol. The molecule has 1 N–H and O–H groups in total. The minimum atomic E-state index is -3.99. The van der Waals surface area contributed by atoms with Crippen LogP contribution in [0.3, 0.4) is 0 Å². The molecule has 1 aromatic heterocycles. The van der Waals surface area contributed by atoms with Gasteiger partial charge in [0, 0.05) is 21.7 Å². The van der Waals surface area contributed by atoms with Crippen molar-refractivity contribution in [2.75, 3.05) is 11.9 Å². The Kier molecular flexibility index (Phi) is 4.81. The lowest BCUT2D eigenvalue weighted by Gasteiger charge is -2.10. The number of hydrogen-bond donors (Lipinski definition) is 1. The van der Waals surface area contributed by atoms with Crippen molar-refractivity contribution in [2.24, 2.45) is 0 Å². The van der Waals surface area contributed by atoms with Gasteiger partial charge in [-0.1, -0.05) is 0 Å². The van der Waals surface area contributed by atoms with E-state index in [1.165, 1.54) is 35.0 Å². The second-order valence-corrected chi connectivity index (χ2v) is 7.11. The lowest BCUT2D eigenvalue weighted by atomic mass is 10.3. The SMILES string of the molecule is CCOc1ccc(NC(=O)c2cscn2)cc1S(=O)(=O)Cl. The molecule has 0 bridgehead atoms. The van der Waals surface area contributed by atoms with E-state index in [2.05, 4.69) is 10.3 Å². The predicted octanol–water partition coefficient (Wildman–Crippen LogP) is 2.72. The first-order valence-electron chi connectivity index (χ1n) is 5.83. The van der Waals surface area contributed by atoms with Crippen molar-refractivity contribution in [3.8, 4) is 5.75 Å². The average molecular weight is 347 g/mol. The summed E-state index contributed by atoms with van der Waals surface area (Å²) in [4.78, 5) is 15.5. The molecule has 6 nitrogen and oxygen atoms in total. The molecule has 1 aromatic carbocycles. The van der Waals surface area contributed by atoms with E-state index in [4.69, 9.17) is 15.4 Å². The van der Waals surface area contributed by atoms with Crippen molar-refractivity contribution in [3.05, 3.63) is 34.8 Å². The first-order chi connectivity index (χ1) is 9.91. The largest absolute Gasteiger partial charge is 0.492 e. The van der Waals surface area contributed by atoms with Gasteiger partial charge in [-0.15, -0.1) is 11.3 Å². The van der Waals surface area contributed by atoms with Crippen molar-refractivity contribution < 1.29 is 17.9 Å². The Morgan fingerprint density at radius 3 is 2.81 bits per heavy atom. The summed E-state index contributed by atoms with van der Waals surface area (Å²) in [6.45, 7) is 2.02. The van der Waals surface area contributed by atoms with Crippen LogP contribution in [0.25, 0.3) is 0 Å². The van der Waals surface area contributed by atoms with Crippen LogP contribution in [0.1, 0.15) is 17.4 Å². The summed E-state index contributed by atoms with van der Waals surface area (Å²) in [6.07, 6.45) is 0. The van der Waals surface area contributed by atoms with Gasteiger partial charge in [0.2, 0.25) is 0 Å². The number of thiazole rings is 1. The van der Waals surface area contributed by atoms with Crippen LogP contribution in [-0.2, 0) is 9.05 Å². The molecule has 9 heteroatoms. The number of halogens is 1. The van der Waals surface area contributed by atoms with Crippen LogP contribution >= 0.6 is 22.0 Å². The van der Waals surface area contributed by atoms with Gasteiger partial charge in [-0.2, -0.15) is 0 Å². The number of amides is 1. The number of aromatic nitrogens is 1. The number of anilines is 1. The molecular formula is C12H11ClN2O4S2. The molecule has 0 saturated heterocycles. The molecule has 112 valence electrons. The van der Waals surface area contributed by atoms with E-state index in [0.29, 0.717) is 6.61 Å². The number of nitrogens with zero attached hydrogens (tertiary/aromatic N) is 1. The van der Waals surface area contributed by atoms with E-state index in [9.17, 15) is 13.2 Å². The smallest absolute Gasteiger partial charge is 0.275 e. The Bertz CT molecular complexity index is 745. The highest BCUT2D eigenvalue weighted by Crippen LogP contribution is 2.30. The molecule has 0 aliphatic heterocycles. The summed E-state index contributed by atoms with van der Waals surface area (Å²) in [6, 6.07) is 4.22. The van der Waals surface area contributed by atoms with Gasteiger partial charge in [0.05, 0.1) is 12.1 Å². The van der Waals surface area contributed by atoms with Crippen LogP contribution in [0.5, 0.6) is 5.75 Å². The summed E-state index contributed by atoms with van der Waals surface area (Å²) >= 11 is 1.29. The van der Waals surface area contributed by atoms with Gasteiger partial charge in [-0.05, 0) is 25.1 Å². The third-order valence-electron chi connectivity index (χ3n) is 2.43. The minimum absolute atomic E-state index is 0.138. The fourth-order valence-electron chi connectivity index (χ4n) is 1.57. The van der Waals surface area contributed by atoms with Gasteiger partial charge in [0.1, 0.15) is 16.3 Å². The van der Waals surface area contributed by atoms with Crippen molar-refractivity contribution in [3.63, 3.8) is 0 Å². The molecule has 1 amide bonds. The number of nitrogens with one attached hydrogen (secondary N) is 1. The van der Waals surface area contributed by atoms with Gasteiger partial charge >= 0.3 is 0 Å². The maximum absolute atomic E-state index is 11.9. The Morgan fingerprint density at radius 1 is 1.48 bits per heavy atom. The summed E-state index contributed by atoms with van der Waals surface area (Å²) in [5.41, 5.74) is 2.07. The number of benzene rings is 1. The molecule has 0 aliphatic carbocycles. The van der Waals surface area contributed by atoms with Crippen LogP contribution < -0.4 is 10.1 Å². The summed E-state index contributed by atoms with van der Waals surface area (Å²) in [5, 5.41) is 4.14. The van der Waals surface area contributed by atoms with Gasteiger partial charge in [0.15, 0.2) is 0 Å². The molecular weight excluding hydrogens is 336 g/mol. The number of carbonyl (C=O) groups excluding carboxylic acids is 1. The highest BCUT2D eigenvalue weighted by molar-refractivity contribution is 8.13. The van der Waals surface area contributed by atoms with Gasteiger partial charge < -0.3 is 10.1 Å². The average Bonchev–Trinajstić information content (AvgIpc) is 2.93. The van der Waals surface area contributed by atoms with Crippen molar-refractivity contribution in [1.29, 1.82) is 0 Å². The highest BCUT2D eigenvalue weighted by Gasteiger charge is 2.18. The summed E-state index contributed by atoms with van der Waals surface area (Å²) in [7, 11) is 1.39. The lowest BCUT2D eigenvalue weighted by Crippen LogP contribution is -2.12. The van der Waals surface area contributed by atoms with E-state index in [0.717, 1.165) is 0 Å². The van der Waals surface area contributed by atoms with E-state index in [-0.39, 0.29) is 22.0 Å². The highest BCUT2D eigenvalue weighted by atomic mass is 35.7. The Balaban J connectivity index is 2.32. The molecule has 1 heterocycles. The Hall–Kier alpha value is -1.64. The molecule has 2 rings (SSSR count). The van der Waals surface area contributed by atoms with Crippen molar-refractivity contribution >= 4 is 42.7 Å². The molecule has 2 aromatic rings. The third-order valence-corrected chi connectivity index (χ3v) is 4.36. The number of ether oxygens (including phenoxy) is 1. The predicted molar refractivity (Wildman–Crippen MR) is 80.7 cm³/mol. The molecule has 0 atom stereocenters. The first-order valence-corrected chi connectivity index (χ1v) is 9.08. The van der Waals surface area contributed by atoms with Gasteiger partial charge in [-0.3, -0.25) is 4.79 Å². The van der Waals surface area contributed by atoms with Gasteiger partial charge in [0.25, 0.3) is 15.0 Å². The normalized spacial score (nSPS) is 11.1. The zero-order valence-corrected chi connectivity index (χ0v) is 13.3. The van der Waals surface area contributed by atoms with Crippen LogP contribution in [0, 0.1) is 0 Å². The van der Waals surface area contributed by atoms with E-state index in [1.807, 2.05) is 0 Å². The van der Waals surface area contributed by atoms with E-state index < -0.39 is 15.0 Å². The van der Waals surface area contributed by atoms with Crippen molar-refractivity contribution in [2.45, 2.75) is 11.8 Å². The topological polar surface area (TPSA) is 85.4 Å². The Morgan fingerprint density at radius 2 is 2.24 bits per heavy atom. The van der Waals surface area contributed by atoms with E-state index in [1.54, 1.807) is 12.3 Å². The molecule has 21 heavy (non-hydrogen) atoms. The maximum Gasteiger partial charge on any atom is 0.275 e. The molecule has 0 fully saturated rings. The van der Waals surface area contributed by atoms with E-state index >= 15 is 0 Å². The molecule has 0 spiro atoms. The Labute approximate surface area is 130 Å². The zero-order valence-electron chi connectivity index (χ0n) is 10.9. The summed E-state index contributed by atoms with van der Waals surface area (Å²) in [5.74, 6) is -0.294. The van der Waals surface area contributed by atoms with Crippen LogP contribution in [0.2, 0.25) is 0 Å². The number of carbonyl (C=O) groups is 1. The van der Waals surface area contributed by atoms with Crippen LogP contribution in [0.15, 0.2) is 34.0 Å². The third kappa shape index (κ3) is 3.93. The second kappa shape index (κ2) is 6.42.